The molecule has 1 amide bonds. The van der Waals surface area contributed by atoms with Crippen LogP contribution in [0.1, 0.15) is 17.5 Å². The fourth-order valence-corrected chi connectivity index (χ4v) is 3.45. The lowest BCUT2D eigenvalue weighted by Gasteiger charge is -2.12. The number of hydrogen-bond donors (Lipinski definition) is 6. The third-order valence-corrected chi connectivity index (χ3v) is 5.37. The van der Waals surface area contributed by atoms with Crippen molar-refractivity contribution in [2.45, 2.75) is 19.4 Å². The van der Waals surface area contributed by atoms with Gasteiger partial charge in [0.05, 0.1) is 32.8 Å². The molecule has 3 rings (SSSR count). The van der Waals surface area contributed by atoms with Gasteiger partial charge in [-0.25, -0.2) is 4.39 Å². The number of anilines is 4. The van der Waals surface area contributed by atoms with Crippen LogP contribution >= 0.6 is 0 Å². The monoisotopic (exact) mass is 556 g/mol. The van der Waals surface area contributed by atoms with Crippen LogP contribution in [0, 0.1) is 5.82 Å². The van der Waals surface area contributed by atoms with E-state index in [0.29, 0.717) is 76.9 Å². The highest BCUT2D eigenvalue weighted by atomic mass is 19.1. The van der Waals surface area contributed by atoms with E-state index in [-0.39, 0.29) is 24.8 Å². The summed E-state index contributed by atoms with van der Waals surface area (Å²) in [4.78, 5) is 25.4. The molecule has 1 aromatic heterocycles. The summed E-state index contributed by atoms with van der Waals surface area (Å²) in [7, 11) is 0. The largest absolute Gasteiger partial charge is 0.396 e. The molecule has 0 atom stereocenters. The molecule has 3 aromatic rings. The second-order valence-corrected chi connectivity index (χ2v) is 8.66. The Bertz CT molecular complexity index is 1170. The summed E-state index contributed by atoms with van der Waals surface area (Å²) in [6.07, 6.45) is 0.769. The van der Waals surface area contributed by atoms with Gasteiger partial charge in [0.25, 0.3) is 0 Å². The summed E-state index contributed by atoms with van der Waals surface area (Å²) < 4.78 is 24.1. The van der Waals surface area contributed by atoms with E-state index >= 15 is 0 Å². The average Bonchev–Trinajstić information content (AvgIpc) is 2.95. The molecular formula is C27H37FN8O4. The van der Waals surface area contributed by atoms with Crippen molar-refractivity contribution < 1.29 is 23.8 Å². The molecule has 0 aliphatic carbocycles. The van der Waals surface area contributed by atoms with Crippen LogP contribution in [0.25, 0.3) is 0 Å². The molecular weight excluding hydrogens is 519 g/mol. The van der Waals surface area contributed by atoms with Crippen molar-refractivity contribution in [3.05, 3.63) is 65.5 Å². The topological polar surface area (TPSA) is 169 Å². The first-order valence-corrected chi connectivity index (χ1v) is 13.1. The van der Waals surface area contributed by atoms with Crippen LogP contribution in [0.15, 0.2) is 48.5 Å². The molecule has 0 unspecified atom stereocenters. The maximum absolute atomic E-state index is 13.5. The van der Waals surface area contributed by atoms with Gasteiger partial charge in [-0.05, 0) is 41.8 Å². The summed E-state index contributed by atoms with van der Waals surface area (Å²) >= 11 is 0. The first-order chi connectivity index (χ1) is 19.6. The normalized spacial score (nSPS) is 10.8. The van der Waals surface area contributed by atoms with Crippen LogP contribution in [0.2, 0.25) is 0 Å². The van der Waals surface area contributed by atoms with Crippen LogP contribution < -0.4 is 27.0 Å². The Kier molecular flexibility index (Phi) is 13.5. The molecule has 0 fully saturated rings. The van der Waals surface area contributed by atoms with E-state index in [1.54, 1.807) is 12.1 Å². The van der Waals surface area contributed by atoms with Gasteiger partial charge in [0.15, 0.2) is 0 Å². The number of rotatable bonds is 19. The molecule has 13 heteroatoms. The van der Waals surface area contributed by atoms with Crippen molar-refractivity contribution in [3.8, 4) is 0 Å². The summed E-state index contributed by atoms with van der Waals surface area (Å²) in [5.41, 5.74) is 7.65. The van der Waals surface area contributed by atoms with Crippen LogP contribution in [0.5, 0.6) is 0 Å². The number of carbonyl (C=O) groups is 1. The first-order valence-electron chi connectivity index (χ1n) is 13.1. The van der Waals surface area contributed by atoms with Crippen molar-refractivity contribution >= 4 is 29.4 Å². The summed E-state index contributed by atoms with van der Waals surface area (Å²) in [5, 5.41) is 21.2. The second kappa shape index (κ2) is 17.6. The molecule has 12 nitrogen and oxygen atoms in total. The Morgan fingerprint density at radius 3 is 2.33 bits per heavy atom. The lowest BCUT2D eigenvalue weighted by atomic mass is 10.1. The van der Waals surface area contributed by atoms with E-state index in [1.165, 1.54) is 12.1 Å². The third kappa shape index (κ3) is 11.9. The van der Waals surface area contributed by atoms with Crippen LogP contribution in [-0.4, -0.2) is 78.6 Å². The number of nitrogens with one attached hydrogen (secondary N) is 4. The number of carbonyl (C=O) groups excluding carboxylic acids is 1. The van der Waals surface area contributed by atoms with Crippen molar-refractivity contribution in [1.29, 1.82) is 0 Å². The Morgan fingerprint density at radius 2 is 1.60 bits per heavy atom. The molecule has 40 heavy (non-hydrogen) atoms. The Balaban J connectivity index is 1.52. The number of aliphatic hydroxyl groups is 1. The van der Waals surface area contributed by atoms with E-state index in [4.69, 9.17) is 20.3 Å². The number of nitrogens with zero attached hydrogens (tertiary/aromatic N) is 3. The van der Waals surface area contributed by atoms with E-state index < -0.39 is 0 Å². The number of benzene rings is 2. The standard InChI is InChI=1S/C27H37FN8O4/c28-22-4-1-3-21(17-22)19-32-26-34-25(31-10-2-12-37)35-27(36-26)33-23-7-5-20(6-8-23)18-24(38)30-11-14-40-16-15-39-13-9-29/h1,3-8,17,37H,2,9-16,18-19,29H2,(H,30,38)(H3,31,32,33,34,35,36). The molecule has 0 bridgehead atoms. The zero-order chi connectivity index (χ0) is 28.4. The maximum Gasteiger partial charge on any atom is 0.233 e. The average molecular weight is 557 g/mol. The smallest absolute Gasteiger partial charge is 0.233 e. The zero-order valence-corrected chi connectivity index (χ0v) is 22.4. The number of ether oxygens (including phenoxy) is 2. The van der Waals surface area contributed by atoms with E-state index in [2.05, 4.69) is 36.2 Å². The fraction of sp³-hybridized carbons (Fsp3) is 0.407. The number of hydrogen-bond acceptors (Lipinski definition) is 11. The predicted octanol–water partition coefficient (Wildman–Crippen LogP) is 1.81. The van der Waals surface area contributed by atoms with Crippen LogP contribution in [0.4, 0.5) is 27.9 Å². The molecule has 0 saturated carbocycles. The molecule has 0 aliphatic heterocycles. The number of amides is 1. The second-order valence-electron chi connectivity index (χ2n) is 8.66. The summed E-state index contributed by atoms with van der Waals surface area (Å²) in [6, 6.07) is 13.6. The third-order valence-electron chi connectivity index (χ3n) is 5.37. The van der Waals surface area contributed by atoms with Gasteiger partial charge < -0.3 is 41.6 Å². The number of nitrogens with two attached hydrogens (primary N) is 1. The van der Waals surface area contributed by atoms with E-state index in [9.17, 15) is 9.18 Å². The predicted molar refractivity (Wildman–Crippen MR) is 151 cm³/mol. The Morgan fingerprint density at radius 1 is 0.875 bits per heavy atom. The number of aromatic nitrogens is 3. The number of halogens is 1. The molecule has 2 aromatic carbocycles. The van der Waals surface area contributed by atoms with Crippen molar-refractivity contribution in [1.82, 2.24) is 20.3 Å². The Hall–Kier alpha value is -3.91. The Labute approximate surface area is 232 Å². The highest BCUT2D eigenvalue weighted by molar-refractivity contribution is 5.78. The quantitative estimate of drug-likeness (QED) is 0.119. The van der Waals surface area contributed by atoms with Crippen molar-refractivity contribution in [2.24, 2.45) is 5.73 Å². The van der Waals surface area contributed by atoms with Crippen LogP contribution in [0.3, 0.4) is 0 Å². The van der Waals surface area contributed by atoms with Crippen LogP contribution in [-0.2, 0) is 27.2 Å². The fourth-order valence-electron chi connectivity index (χ4n) is 3.45. The minimum atomic E-state index is -0.321. The highest BCUT2D eigenvalue weighted by Gasteiger charge is 2.09. The molecule has 216 valence electrons. The lowest BCUT2D eigenvalue weighted by Crippen LogP contribution is -2.29. The summed E-state index contributed by atoms with van der Waals surface area (Å²) in [5.74, 6) is 0.497. The molecule has 0 spiro atoms. The number of aliphatic hydroxyl groups excluding tert-OH is 1. The zero-order valence-electron chi connectivity index (χ0n) is 22.4. The van der Waals surface area contributed by atoms with Gasteiger partial charge in [0, 0.05) is 38.5 Å². The lowest BCUT2D eigenvalue weighted by molar-refractivity contribution is -0.120. The minimum absolute atomic E-state index is 0.0388. The molecule has 1 heterocycles. The molecule has 0 saturated heterocycles. The molecule has 0 radical (unpaired) electrons. The maximum atomic E-state index is 13.5. The van der Waals surface area contributed by atoms with E-state index in [1.807, 2.05) is 24.3 Å². The first kappa shape index (κ1) is 30.6. The van der Waals surface area contributed by atoms with Crippen molar-refractivity contribution in [2.75, 3.05) is 68.6 Å². The van der Waals surface area contributed by atoms with Gasteiger partial charge in [-0.15, -0.1) is 0 Å². The van der Waals surface area contributed by atoms with Gasteiger partial charge in [-0.1, -0.05) is 24.3 Å². The highest BCUT2D eigenvalue weighted by Crippen LogP contribution is 2.17. The SMILES string of the molecule is NCCOCCOCCNC(=O)Cc1ccc(Nc2nc(NCCCO)nc(NCc3cccc(F)c3)n2)cc1. The molecule has 0 aliphatic rings. The molecule has 7 N–H and O–H groups in total. The van der Waals surface area contributed by atoms with Gasteiger partial charge >= 0.3 is 0 Å². The van der Waals surface area contributed by atoms with Gasteiger partial charge in [-0.3, -0.25) is 4.79 Å². The van der Waals surface area contributed by atoms with Gasteiger partial charge in [-0.2, -0.15) is 15.0 Å². The van der Waals surface area contributed by atoms with Gasteiger partial charge in [0.1, 0.15) is 5.82 Å². The summed E-state index contributed by atoms with van der Waals surface area (Å²) in [6.45, 7) is 3.58. The van der Waals surface area contributed by atoms with Gasteiger partial charge in [0.2, 0.25) is 23.8 Å². The van der Waals surface area contributed by atoms with E-state index in [0.717, 1.165) is 16.8 Å². The minimum Gasteiger partial charge on any atom is -0.396 e. The van der Waals surface area contributed by atoms with Crippen molar-refractivity contribution in [3.63, 3.8) is 0 Å².